The summed E-state index contributed by atoms with van der Waals surface area (Å²) in [6.07, 6.45) is -1.06. The summed E-state index contributed by atoms with van der Waals surface area (Å²) in [5.74, 6) is -0.799. The van der Waals surface area contributed by atoms with Crippen LogP contribution in [0, 0.1) is 0 Å². The third-order valence-corrected chi connectivity index (χ3v) is 3.86. The number of carbonyl (C=O) groups excluding carboxylic acids is 3. The van der Waals surface area contributed by atoms with E-state index in [1.165, 1.54) is 4.90 Å². The van der Waals surface area contributed by atoms with Crippen molar-refractivity contribution in [1.29, 1.82) is 0 Å². The Kier molecular flexibility index (Phi) is 5.19. The molecule has 8 nitrogen and oxygen atoms in total. The largest absolute Gasteiger partial charge is 0.394 e. The van der Waals surface area contributed by atoms with Crippen LogP contribution in [0.5, 0.6) is 0 Å². The number of hydrogen-bond acceptors (Lipinski definition) is 5. The molecule has 1 fully saturated rings. The van der Waals surface area contributed by atoms with E-state index in [1.807, 2.05) is 5.32 Å². The van der Waals surface area contributed by atoms with Crippen LogP contribution >= 0.6 is 11.6 Å². The molecule has 9 heteroatoms. The van der Waals surface area contributed by atoms with Crippen molar-refractivity contribution in [3.05, 3.63) is 34.9 Å². The van der Waals surface area contributed by atoms with Crippen LogP contribution in [0.4, 0.5) is 4.79 Å². The molecule has 4 amide bonds. The molecule has 0 spiro atoms. The second kappa shape index (κ2) is 6.95. The average molecular weight is 342 g/mol. The Bertz CT molecular complexity index is 609. The van der Waals surface area contributed by atoms with Crippen molar-refractivity contribution in [2.75, 3.05) is 13.2 Å². The molecule has 2 rings (SSSR count). The van der Waals surface area contributed by atoms with Gasteiger partial charge in [-0.15, -0.1) is 0 Å². The van der Waals surface area contributed by atoms with Gasteiger partial charge in [0, 0.05) is 11.6 Å². The van der Waals surface area contributed by atoms with Crippen molar-refractivity contribution >= 4 is 29.9 Å². The lowest BCUT2D eigenvalue weighted by Gasteiger charge is -2.34. The van der Waals surface area contributed by atoms with Gasteiger partial charge >= 0.3 is 6.03 Å². The minimum absolute atomic E-state index is 0.143. The van der Waals surface area contributed by atoms with Crippen LogP contribution in [0.2, 0.25) is 5.02 Å². The molecule has 0 bridgehead atoms. The van der Waals surface area contributed by atoms with Gasteiger partial charge in [0.15, 0.2) is 5.54 Å². The van der Waals surface area contributed by atoms with Crippen molar-refractivity contribution in [2.24, 2.45) is 0 Å². The lowest BCUT2D eigenvalue weighted by atomic mass is 9.92. The van der Waals surface area contributed by atoms with Crippen LogP contribution in [-0.2, 0) is 16.1 Å². The highest BCUT2D eigenvalue weighted by molar-refractivity contribution is 6.30. The molecular weight excluding hydrogens is 326 g/mol. The minimum Gasteiger partial charge on any atom is -0.394 e. The van der Waals surface area contributed by atoms with Crippen LogP contribution in [0.15, 0.2) is 24.3 Å². The number of amides is 4. The summed E-state index contributed by atoms with van der Waals surface area (Å²) in [6, 6.07) is 5.94. The summed E-state index contributed by atoms with van der Waals surface area (Å²) in [6.45, 7) is -0.899. The Morgan fingerprint density at radius 1 is 1.30 bits per heavy atom. The second-order valence-electron chi connectivity index (χ2n) is 5.21. The van der Waals surface area contributed by atoms with Gasteiger partial charge < -0.3 is 20.4 Å². The quantitative estimate of drug-likeness (QED) is 0.383. The maximum atomic E-state index is 12.0. The Morgan fingerprint density at radius 3 is 2.43 bits per heavy atom. The Morgan fingerprint density at radius 2 is 1.96 bits per heavy atom. The molecule has 23 heavy (non-hydrogen) atoms. The molecule has 1 aromatic carbocycles. The van der Waals surface area contributed by atoms with E-state index in [0.29, 0.717) is 11.4 Å². The molecule has 124 valence electrons. The van der Waals surface area contributed by atoms with Crippen LogP contribution in [0.1, 0.15) is 5.56 Å². The SMILES string of the molecule is O=CN(Cc1ccc(Cl)cc1)C[C@]1([C@H](O)CO)NC(=O)NC1=O. The fourth-order valence-corrected chi connectivity index (χ4v) is 2.51. The van der Waals surface area contributed by atoms with E-state index < -0.39 is 30.2 Å². The number of benzene rings is 1. The van der Waals surface area contributed by atoms with Gasteiger partial charge in [-0.2, -0.15) is 0 Å². The molecule has 0 saturated carbocycles. The predicted molar refractivity (Wildman–Crippen MR) is 80.4 cm³/mol. The Hall–Kier alpha value is -2.16. The fraction of sp³-hybridized carbons (Fsp3) is 0.357. The second-order valence-corrected chi connectivity index (χ2v) is 5.65. The molecule has 0 unspecified atom stereocenters. The monoisotopic (exact) mass is 341 g/mol. The predicted octanol–water partition coefficient (Wildman–Crippen LogP) is -0.770. The molecular formula is C14H16ClN3O5. The highest BCUT2D eigenvalue weighted by Gasteiger charge is 2.52. The van der Waals surface area contributed by atoms with Crippen LogP contribution in [-0.4, -0.2) is 58.3 Å². The number of hydrogen-bond donors (Lipinski definition) is 4. The molecule has 2 atom stereocenters. The van der Waals surface area contributed by atoms with Gasteiger partial charge in [0.2, 0.25) is 6.41 Å². The molecule has 1 heterocycles. The molecule has 1 aromatic rings. The summed E-state index contributed by atoms with van der Waals surface area (Å²) in [7, 11) is 0. The van der Waals surface area contributed by atoms with Gasteiger partial charge in [-0.1, -0.05) is 23.7 Å². The van der Waals surface area contributed by atoms with Crippen molar-refractivity contribution in [2.45, 2.75) is 18.2 Å². The van der Waals surface area contributed by atoms with Gasteiger partial charge in [0.05, 0.1) is 13.2 Å². The summed E-state index contributed by atoms with van der Waals surface area (Å²) in [4.78, 5) is 36.0. The Labute approximate surface area is 137 Å². The number of imide groups is 1. The summed E-state index contributed by atoms with van der Waals surface area (Å²) >= 11 is 5.79. The van der Waals surface area contributed by atoms with Gasteiger partial charge in [-0.3, -0.25) is 14.9 Å². The first-order valence-corrected chi connectivity index (χ1v) is 7.15. The van der Waals surface area contributed by atoms with E-state index in [-0.39, 0.29) is 13.1 Å². The number of urea groups is 1. The van der Waals surface area contributed by atoms with Gasteiger partial charge in [0.25, 0.3) is 5.91 Å². The first kappa shape index (κ1) is 17.2. The molecule has 1 aliphatic heterocycles. The molecule has 0 aromatic heterocycles. The maximum absolute atomic E-state index is 12.0. The lowest BCUT2D eigenvalue weighted by molar-refractivity contribution is -0.132. The zero-order chi connectivity index (χ0) is 17.0. The minimum atomic E-state index is -1.79. The standard InChI is InChI=1S/C14H16ClN3O5/c15-10-3-1-9(2-4-10)5-18(8-20)7-14(11(21)6-19)12(22)16-13(23)17-14/h1-4,8,11,19,21H,5-7H2,(H2,16,17,22,23)/t11-,14-/m1/s1. The first-order chi connectivity index (χ1) is 10.9. The molecule has 1 aliphatic rings. The highest BCUT2D eigenvalue weighted by Crippen LogP contribution is 2.19. The third kappa shape index (κ3) is 3.61. The van der Waals surface area contributed by atoms with Crippen LogP contribution in [0.3, 0.4) is 0 Å². The number of halogens is 1. The fourth-order valence-electron chi connectivity index (χ4n) is 2.39. The first-order valence-electron chi connectivity index (χ1n) is 6.77. The van der Waals surface area contributed by atoms with Gasteiger partial charge in [-0.05, 0) is 17.7 Å². The van der Waals surface area contributed by atoms with Crippen molar-refractivity contribution < 1.29 is 24.6 Å². The van der Waals surface area contributed by atoms with Gasteiger partial charge in [0.1, 0.15) is 6.10 Å². The molecule has 0 radical (unpaired) electrons. The van der Waals surface area contributed by atoms with E-state index in [1.54, 1.807) is 24.3 Å². The number of nitrogens with one attached hydrogen (secondary N) is 2. The highest BCUT2D eigenvalue weighted by atomic mass is 35.5. The van der Waals surface area contributed by atoms with Crippen molar-refractivity contribution in [3.8, 4) is 0 Å². The van der Waals surface area contributed by atoms with E-state index >= 15 is 0 Å². The molecule has 4 N–H and O–H groups in total. The number of carbonyl (C=O) groups is 3. The van der Waals surface area contributed by atoms with Crippen molar-refractivity contribution in [1.82, 2.24) is 15.5 Å². The maximum Gasteiger partial charge on any atom is 0.322 e. The number of nitrogens with zero attached hydrogens (tertiary/aromatic N) is 1. The zero-order valence-corrected chi connectivity index (χ0v) is 12.8. The average Bonchev–Trinajstić information content (AvgIpc) is 2.82. The zero-order valence-electron chi connectivity index (χ0n) is 12.0. The van der Waals surface area contributed by atoms with E-state index in [2.05, 4.69) is 5.32 Å². The van der Waals surface area contributed by atoms with Crippen LogP contribution < -0.4 is 10.6 Å². The Balaban J connectivity index is 2.19. The van der Waals surface area contributed by atoms with Crippen LogP contribution in [0.25, 0.3) is 0 Å². The topological polar surface area (TPSA) is 119 Å². The number of aliphatic hydroxyl groups excluding tert-OH is 2. The summed E-state index contributed by atoms with van der Waals surface area (Å²) < 4.78 is 0. The van der Waals surface area contributed by atoms with E-state index in [4.69, 9.17) is 16.7 Å². The lowest BCUT2D eigenvalue weighted by Crippen LogP contribution is -2.63. The summed E-state index contributed by atoms with van der Waals surface area (Å²) in [5.41, 5.74) is -1.04. The number of aliphatic hydroxyl groups is 2. The van der Waals surface area contributed by atoms with Crippen molar-refractivity contribution in [3.63, 3.8) is 0 Å². The molecule has 0 aliphatic carbocycles. The van der Waals surface area contributed by atoms with E-state index in [9.17, 15) is 19.5 Å². The molecule has 1 saturated heterocycles. The smallest absolute Gasteiger partial charge is 0.322 e. The third-order valence-electron chi connectivity index (χ3n) is 3.61. The van der Waals surface area contributed by atoms with E-state index in [0.717, 1.165) is 5.56 Å². The number of rotatable bonds is 7. The summed E-state index contributed by atoms with van der Waals surface area (Å²) in [5, 5.41) is 24.0. The normalized spacial score (nSPS) is 21.5. The van der Waals surface area contributed by atoms with Gasteiger partial charge in [-0.25, -0.2) is 4.79 Å².